The highest BCUT2D eigenvalue weighted by Gasteiger charge is 2.15. The molecule has 29 heavy (non-hydrogen) atoms. The second-order valence-corrected chi connectivity index (χ2v) is 8.54. The van der Waals surface area contributed by atoms with Crippen molar-refractivity contribution >= 4 is 15.7 Å². The third-order valence-electron chi connectivity index (χ3n) is 4.38. The van der Waals surface area contributed by atoms with Gasteiger partial charge in [-0.2, -0.15) is 0 Å². The Kier molecular flexibility index (Phi) is 5.93. The molecule has 8 heteroatoms. The van der Waals surface area contributed by atoms with Crippen LogP contribution in [0.2, 0.25) is 0 Å². The van der Waals surface area contributed by atoms with Crippen molar-refractivity contribution in [3.8, 4) is 17.0 Å². The van der Waals surface area contributed by atoms with Gasteiger partial charge in [0, 0.05) is 35.8 Å². The van der Waals surface area contributed by atoms with Crippen molar-refractivity contribution in [2.45, 2.75) is 18.4 Å². The van der Waals surface area contributed by atoms with E-state index >= 15 is 0 Å². The third kappa shape index (κ3) is 4.97. The Bertz CT molecular complexity index is 1140. The largest absolute Gasteiger partial charge is 0.481 e. The number of methoxy groups -OCH3 is 1. The zero-order valence-corrected chi connectivity index (χ0v) is 17.2. The number of benzene rings is 1. The van der Waals surface area contributed by atoms with Crippen molar-refractivity contribution in [3.05, 3.63) is 71.7 Å². The van der Waals surface area contributed by atoms with E-state index < -0.39 is 9.84 Å². The van der Waals surface area contributed by atoms with Crippen molar-refractivity contribution in [1.82, 2.24) is 15.3 Å². The van der Waals surface area contributed by atoms with Gasteiger partial charge in [-0.1, -0.05) is 6.07 Å². The topological polar surface area (TPSA) is 98.2 Å². The smallest absolute Gasteiger partial charge is 0.251 e. The quantitative estimate of drug-likeness (QED) is 0.670. The number of rotatable bonds is 6. The zero-order chi connectivity index (χ0) is 21.0. The third-order valence-corrected chi connectivity index (χ3v) is 5.61. The van der Waals surface area contributed by atoms with Crippen LogP contribution < -0.4 is 10.1 Å². The predicted molar refractivity (Wildman–Crippen MR) is 109 cm³/mol. The van der Waals surface area contributed by atoms with Crippen LogP contribution >= 0.6 is 0 Å². The second-order valence-electron chi connectivity index (χ2n) is 6.56. The van der Waals surface area contributed by atoms with E-state index in [0.29, 0.717) is 17.1 Å². The van der Waals surface area contributed by atoms with Crippen molar-refractivity contribution in [1.29, 1.82) is 0 Å². The summed E-state index contributed by atoms with van der Waals surface area (Å²) in [5, 5.41) is 2.78. The van der Waals surface area contributed by atoms with Gasteiger partial charge in [-0.3, -0.25) is 9.78 Å². The number of aryl methyl sites for hydroxylation is 1. The molecular formula is C21H21N3O4S. The number of carbonyl (C=O) groups is 1. The normalized spacial score (nSPS) is 11.1. The SMILES string of the molecule is COc1ccc(-c2ccnc(CNC(=O)c3ccc(C)c(S(C)(=O)=O)c3)c2)cn1. The maximum atomic E-state index is 12.5. The highest BCUT2D eigenvalue weighted by molar-refractivity contribution is 7.90. The Morgan fingerprint density at radius 1 is 1.07 bits per heavy atom. The molecule has 1 N–H and O–H groups in total. The minimum absolute atomic E-state index is 0.150. The Morgan fingerprint density at radius 3 is 2.52 bits per heavy atom. The van der Waals surface area contributed by atoms with Crippen molar-refractivity contribution < 1.29 is 17.9 Å². The number of ether oxygens (including phenoxy) is 1. The molecule has 0 bridgehead atoms. The van der Waals surface area contributed by atoms with Crippen LogP contribution in [0.1, 0.15) is 21.6 Å². The Hall–Kier alpha value is -3.26. The van der Waals surface area contributed by atoms with Crippen LogP contribution in [0.25, 0.3) is 11.1 Å². The van der Waals surface area contributed by atoms with Gasteiger partial charge in [0.1, 0.15) is 0 Å². The van der Waals surface area contributed by atoms with Gasteiger partial charge in [-0.05, 0) is 48.4 Å². The fourth-order valence-electron chi connectivity index (χ4n) is 2.84. The average molecular weight is 411 g/mol. The molecule has 2 aromatic heterocycles. The fraction of sp³-hybridized carbons (Fsp3) is 0.190. The van der Waals surface area contributed by atoms with Gasteiger partial charge in [-0.25, -0.2) is 13.4 Å². The van der Waals surface area contributed by atoms with Gasteiger partial charge in [0.25, 0.3) is 5.91 Å². The Morgan fingerprint density at radius 2 is 1.86 bits per heavy atom. The number of hydrogen-bond acceptors (Lipinski definition) is 6. The number of sulfone groups is 1. The molecule has 0 saturated heterocycles. The summed E-state index contributed by atoms with van der Waals surface area (Å²) >= 11 is 0. The summed E-state index contributed by atoms with van der Waals surface area (Å²) in [6.45, 7) is 1.90. The summed E-state index contributed by atoms with van der Waals surface area (Å²) < 4.78 is 28.8. The van der Waals surface area contributed by atoms with Crippen LogP contribution in [0.3, 0.4) is 0 Å². The fourth-order valence-corrected chi connectivity index (χ4v) is 3.83. The lowest BCUT2D eigenvalue weighted by atomic mass is 10.1. The van der Waals surface area contributed by atoms with E-state index in [4.69, 9.17) is 4.74 Å². The molecule has 0 aliphatic rings. The number of nitrogens with zero attached hydrogens (tertiary/aromatic N) is 2. The molecule has 3 rings (SSSR count). The van der Waals surface area contributed by atoms with E-state index in [-0.39, 0.29) is 22.9 Å². The highest BCUT2D eigenvalue weighted by Crippen LogP contribution is 2.21. The van der Waals surface area contributed by atoms with E-state index in [1.807, 2.05) is 18.2 Å². The molecule has 3 aromatic rings. The lowest BCUT2D eigenvalue weighted by Gasteiger charge is -2.09. The van der Waals surface area contributed by atoms with Crippen LogP contribution in [-0.2, 0) is 16.4 Å². The van der Waals surface area contributed by atoms with Gasteiger partial charge < -0.3 is 10.1 Å². The molecule has 2 heterocycles. The maximum Gasteiger partial charge on any atom is 0.251 e. The van der Waals surface area contributed by atoms with Gasteiger partial charge in [0.15, 0.2) is 9.84 Å². The van der Waals surface area contributed by atoms with Crippen LogP contribution in [0.5, 0.6) is 5.88 Å². The molecule has 0 aliphatic heterocycles. The Labute approximate surface area is 169 Å². The number of carbonyl (C=O) groups excluding carboxylic acids is 1. The summed E-state index contributed by atoms with van der Waals surface area (Å²) in [5.74, 6) is 0.162. The minimum Gasteiger partial charge on any atom is -0.481 e. The van der Waals surface area contributed by atoms with Crippen molar-refractivity contribution in [2.24, 2.45) is 0 Å². The van der Waals surface area contributed by atoms with E-state index in [0.717, 1.165) is 17.4 Å². The molecule has 0 atom stereocenters. The van der Waals surface area contributed by atoms with Crippen LogP contribution in [0, 0.1) is 6.92 Å². The minimum atomic E-state index is -3.41. The van der Waals surface area contributed by atoms with E-state index in [1.165, 1.54) is 6.07 Å². The second kappa shape index (κ2) is 8.40. The molecule has 7 nitrogen and oxygen atoms in total. The molecule has 0 unspecified atom stereocenters. The molecule has 0 radical (unpaired) electrons. The summed E-state index contributed by atoms with van der Waals surface area (Å²) in [7, 11) is -1.85. The molecular weight excluding hydrogens is 390 g/mol. The monoisotopic (exact) mass is 411 g/mol. The van der Waals surface area contributed by atoms with Crippen LogP contribution in [0.15, 0.2) is 59.8 Å². The van der Waals surface area contributed by atoms with Crippen molar-refractivity contribution in [3.63, 3.8) is 0 Å². The number of nitrogens with one attached hydrogen (secondary N) is 1. The number of aromatic nitrogens is 2. The first-order valence-corrected chi connectivity index (χ1v) is 10.7. The maximum absolute atomic E-state index is 12.5. The van der Waals surface area contributed by atoms with Crippen molar-refractivity contribution in [2.75, 3.05) is 13.4 Å². The van der Waals surface area contributed by atoms with Crippen LogP contribution in [-0.4, -0.2) is 37.7 Å². The summed E-state index contributed by atoms with van der Waals surface area (Å²) in [5.41, 5.74) is 3.37. The predicted octanol–water partition coefficient (Wildman–Crippen LogP) is 2.79. The summed E-state index contributed by atoms with van der Waals surface area (Å²) in [6.07, 6.45) is 4.49. The molecule has 0 saturated carbocycles. The lowest BCUT2D eigenvalue weighted by Crippen LogP contribution is -2.23. The molecule has 150 valence electrons. The molecule has 1 aromatic carbocycles. The van der Waals surface area contributed by atoms with Gasteiger partial charge in [-0.15, -0.1) is 0 Å². The average Bonchev–Trinajstić information content (AvgIpc) is 2.72. The number of amides is 1. The first-order valence-electron chi connectivity index (χ1n) is 8.82. The summed E-state index contributed by atoms with van der Waals surface area (Å²) in [4.78, 5) is 21.1. The molecule has 0 aliphatic carbocycles. The molecule has 0 fully saturated rings. The molecule has 0 spiro atoms. The lowest BCUT2D eigenvalue weighted by molar-refractivity contribution is 0.0950. The van der Waals surface area contributed by atoms with Crippen LogP contribution in [0.4, 0.5) is 0 Å². The van der Waals surface area contributed by atoms with E-state index in [1.54, 1.807) is 44.6 Å². The first-order chi connectivity index (χ1) is 13.8. The van der Waals surface area contributed by atoms with Gasteiger partial charge in [0.05, 0.1) is 24.2 Å². The number of pyridine rings is 2. The van der Waals surface area contributed by atoms with Gasteiger partial charge >= 0.3 is 0 Å². The highest BCUT2D eigenvalue weighted by atomic mass is 32.2. The summed E-state index contributed by atoms with van der Waals surface area (Å²) in [6, 6.07) is 12.0. The van der Waals surface area contributed by atoms with E-state index in [9.17, 15) is 13.2 Å². The molecule has 1 amide bonds. The van der Waals surface area contributed by atoms with E-state index in [2.05, 4.69) is 15.3 Å². The number of hydrogen-bond donors (Lipinski definition) is 1. The first kappa shape index (κ1) is 20.5. The van der Waals surface area contributed by atoms with Gasteiger partial charge in [0.2, 0.25) is 5.88 Å². The standard InChI is InChI=1S/C21H21N3O4S/c1-14-4-5-16(11-19(14)29(3,26)27)21(25)24-13-18-10-15(8-9-22-18)17-6-7-20(28-2)23-12-17/h4-12H,13H2,1-3H3,(H,24,25). The Balaban J connectivity index is 1.74. The zero-order valence-electron chi connectivity index (χ0n) is 16.3.